The number of carboxylic acids is 1. The molecule has 1 aromatic carbocycles. The summed E-state index contributed by atoms with van der Waals surface area (Å²) in [4.78, 5) is 10.8. The summed E-state index contributed by atoms with van der Waals surface area (Å²) in [7, 11) is 1.47. The van der Waals surface area contributed by atoms with Crippen molar-refractivity contribution in [2.75, 3.05) is 7.11 Å². The molecule has 0 spiro atoms. The molecule has 0 fully saturated rings. The van der Waals surface area contributed by atoms with E-state index in [0.717, 1.165) is 10.0 Å². The maximum atomic E-state index is 10.8. The topological polar surface area (TPSA) is 66.8 Å². The molecule has 0 heterocycles. The summed E-state index contributed by atoms with van der Waals surface area (Å²) in [5, 5.41) is 18.8. The normalized spacial score (nSPS) is 12.2. The van der Waals surface area contributed by atoms with Crippen molar-refractivity contribution in [3.8, 4) is 11.5 Å². The minimum absolute atomic E-state index is 0.0151. The fraction of sp³-hybridized carbons (Fsp3) is 0.417. The van der Waals surface area contributed by atoms with E-state index in [1.54, 1.807) is 13.0 Å². The highest BCUT2D eigenvalue weighted by atomic mass is 79.9. The Kier molecular flexibility index (Phi) is 4.40. The second kappa shape index (κ2) is 5.40. The van der Waals surface area contributed by atoms with E-state index in [1.807, 2.05) is 6.92 Å². The highest BCUT2D eigenvalue weighted by molar-refractivity contribution is 9.10. The number of halogens is 1. The lowest BCUT2D eigenvalue weighted by Gasteiger charge is -2.14. The maximum Gasteiger partial charge on any atom is 0.306 e. The molecule has 0 bridgehead atoms. The zero-order chi connectivity index (χ0) is 13.2. The predicted octanol–water partition coefficient (Wildman–Crippen LogP) is 2.73. The van der Waals surface area contributed by atoms with Gasteiger partial charge in [-0.15, -0.1) is 0 Å². The maximum absolute atomic E-state index is 10.8. The van der Waals surface area contributed by atoms with Gasteiger partial charge in [0.05, 0.1) is 13.0 Å². The molecule has 1 aromatic rings. The molecule has 1 rings (SSSR count). The third-order valence-electron chi connectivity index (χ3n) is 2.67. The van der Waals surface area contributed by atoms with Crippen molar-refractivity contribution in [1.82, 2.24) is 0 Å². The molecule has 2 N–H and O–H groups in total. The first-order valence-electron chi connectivity index (χ1n) is 5.16. The number of rotatable bonds is 4. The van der Waals surface area contributed by atoms with Crippen LogP contribution in [0.2, 0.25) is 0 Å². The number of carbonyl (C=O) groups is 1. The van der Waals surface area contributed by atoms with Gasteiger partial charge in [0, 0.05) is 10.0 Å². The van der Waals surface area contributed by atoms with E-state index in [0.29, 0.717) is 11.3 Å². The van der Waals surface area contributed by atoms with Gasteiger partial charge in [-0.2, -0.15) is 0 Å². The Morgan fingerprint density at radius 3 is 2.65 bits per heavy atom. The van der Waals surface area contributed by atoms with Gasteiger partial charge in [-0.1, -0.05) is 22.9 Å². The summed E-state index contributed by atoms with van der Waals surface area (Å²) in [5.74, 6) is -1.05. The van der Waals surface area contributed by atoms with E-state index in [4.69, 9.17) is 9.84 Å². The number of methoxy groups -OCH3 is 1. The molecule has 0 saturated carbocycles. The van der Waals surface area contributed by atoms with E-state index in [9.17, 15) is 9.90 Å². The minimum atomic E-state index is -0.889. The van der Waals surface area contributed by atoms with E-state index < -0.39 is 11.9 Å². The van der Waals surface area contributed by atoms with E-state index in [2.05, 4.69) is 15.9 Å². The SMILES string of the molecule is COc1c(C)c(Br)cc(CC(C)C(=O)O)c1O. The summed E-state index contributed by atoms with van der Waals surface area (Å²) in [6, 6.07) is 1.73. The van der Waals surface area contributed by atoms with Crippen LogP contribution in [0, 0.1) is 12.8 Å². The molecule has 94 valence electrons. The van der Waals surface area contributed by atoms with E-state index in [1.165, 1.54) is 7.11 Å². The summed E-state index contributed by atoms with van der Waals surface area (Å²) < 4.78 is 5.90. The molecule has 0 amide bonds. The number of aliphatic carboxylic acids is 1. The van der Waals surface area contributed by atoms with Crippen LogP contribution in [0.25, 0.3) is 0 Å². The number of hydrogen-bond acceptors (Lipinski definition) is 3. The second-order valence-electron chi connectivity index (χ2n) is 3.97. The van der Waals surface area contributed by atoms with Gasteiger partial charge in [0.2, 0.25) is 0 Å². The Labute approximate surface area is 108 Å². The third-order valence-corrected chi connectivity index (χ3v) is 3.49. The van der Waals surface area contributed by atoms with Crippen LogP contribution in [0.1, 0.15) is 18.1 Å². The van der Waals surface area contributed by atoms with Crippen molar-refractivity contribution < 1.29 is 19.7 Å². The second-order valence-corrected chi connectivity index (χ2v) is 4.82. The lowest BCUT2D eigenvalue weighted by atomic mass is 9.99. The highest BCUT2D eigenvalue weighted by Crippen LogP contribution is 2.38. The highest BCUT2D eigenvalue weighted by Gasteiger charge is 2.19. The van der Waals surface area contributed by atoms with Crippen molar-refractivity contribution in [2.24, 2.45) is 5.92 Å². The molecule has 17 heavy (non-hydrogen) atoms. The average Bonchev–Trinajstić information content (AvgIpc) is 2.26. The lowest BCUT2D eigenvalue weighted by molar-refractivity contribution is -0.141. The van der Waals surface area contributed by atoms with Crippen LogP contribution in [0.5, 0.6) is 11.5 Å². The average molecular weight is 303 g/mol. The number of hydrogen-bond donors (Lipinski definition) is 2. The third kappa shape index (κ3) is 2.91. The molecule has 0 aromatic heterocycles. The largest absolute Gasteiger partial charge is 0.504 e. The first-order valence-corrected chi connectivity index (χ1v) is 5.95. The van der Waals surface area contributed by atoms with Crippen LogP contribution in [0.15, 0.2) is 10.5 Å². The Bertz CT molecular complexity index is 443. The van der Waals surface area contributed by atoms with Crippen LogP contribution in [-0.2, 0) is 11.2 Å². The van der Waals surface area contributed by atoms with Crippen LogP contribution in [0.4, 0.5) is 0 Å². The van der Waals surface area contributed by atoms with Crippen molar-refractivity contribution >= 4 is 21.9 Å². The lowest BCUT2D eigenvalue weighted by Crippen LogP contribution is -2.12. The van der Waals surface area contributed by atoms with Crippen LogP contribution in [-0.4, -0.2) is 23.3 Å². The summed E-state index contributed by atoms with van der Waals surface area (Å²) in [5.41, 5.74) is 1.35. The number of benzene rings is 1. The number of ether oxygens (including phenoxy) is 1. The van der Waals surface area contributed by atoms with Gasteiger partial charge in [0.15, 0.2) is 11.5 Å². The van der Waals surface area contributed by atoms with Crippen molar-refractivity contribution in [3.63, 3.8) is 0 Å². The first kappa shape index (κ1) is 13.8. The molecule has 0 radical (unpaired) electrons. The molecular formula is C12H15BrO4. The molecule has 0 aliphatic rings. The quantitative estimate of drug-likeness (QED) is 0.897. The number of phenolic OH excluding ortho intramolecular Hbond substituents is 1. The molecule has 1 atom stereocenters. The fourth-order valence-corrected chi connectivity index (χ4v) is 2.04. The summed E-state index contributed by atoms with van der Waals surface area (Å²) >= 11 is 3.36. The molecular weight excluding hydrogens is 288 g/mol. The zero-order valence-electron chi connectivity index (χ0n) is 9.95. The van der Waals surface area contributed by atoms with Gasteiger partial charge in [-0.3, -0.25) is 4.79 Å². The first-order chi connectivity index (χ1) is 7.88. The van der Waals surface area contributed by atoms with Gasteiger partial charge in [-0.05, 0) is 25.0 Å². The van der Waals surface area contributed by atoms with Gasteiger partial charge < -0.3 is 14.9 Å². The minimum Gasteiger partial charge on any atom is -0.504 e. The molecule has 1 unspecified atom stereocenters. The van der Waals surface area contributed by atoms with Gasteiger partial charge >= 0.3 is 5.97 Å². The Balaban J connectivity index is 3.17. The number of aromatic hydroxyl groups is 1. The number of carboxylic acid groups (broad SMARTS) is 1. The molecule has 5 heteroatoms. The zero-order valence-corrected chi connectivity index (χ0v) is 11.5. The van der Waals surface area contributed by atoms with Crippen LogP contribution < -0.4 is 4.74 Å². The Morgan fingerprint density at radius 2 is 2.18 bits per heavy atom. The Morgan fingerprint density at radius 1 is 1.59 bits per heavy atom. The smallest absolute Gasteiger partial charge is 0.306 e. The van der Waals surface area contributed by atoms with E-state index >= 15 is 0 Å². The Hall–Kier alpha value is -1.23. The van der Waals surface area contributed by atoms with Gasteiger partial charge in [-0.25, -0.2) is 0 Å². The fourth-order valence-electron chi connectivity index (χ4n) is 1.58. The summed E-state index contributed by atoms with van der Waals surface area (Å²) in [6.45, 7) is 3.41. The van der Waals surface area contributed by atoms with Gasteiger partial charge in [0.1, 0.15) is 0 Å². The molecule has 0 aliphatic carbocycles. The van der Waals surface area contributed by atoms with Gasteiger partial charge in [0.25, 0.3) is 0 Å². The van der Waals surface area contributed by atoms with E-state index in [-0.39, 0.29) is 12.2 Å². The van der Waals surface area contributed by atoms with Crippen molar-refractivity contribution in [1.29, 1.82) is 0 Å². The molecule has 4 nitrogen and oxygen atoms in total. The van der Waals surface area contributed by atoms with Crippen molar-refractivity contribution in [3.05, 3.63) is 21.7 Å². The monoisotopic (exact) mass is 302 g/mol. The van der Waals surface area contributed by atoms with Crippen molar-refractivity contribution in [2.45, 2.75) is 20.3 Å². The predicted molar refractivity (Wildman–Crippen MR) is 67.6 cm³/mol. The summed E-state index contributed by atoms with van der Waals surface area (Å²) in [6.07, 6.45) is 0.260. The van der Waals surface area contributed by atoms with Crippen LogP contribution >= 0.6 is 15.9 Å². The molecule has 0 aliphatic heterocycles. The number of phenols is 1. The molecule has 0 saturated heterocycles. The standard InChI is InChI=1S/C12H15BrO4/c1-6(12(15)16)4-8-5-9(13)7(2)11(17-3)10(8)14/h5-6,14H,4H2,1-3H3,(H,15,16). The van der Waals surface area contributed by atoms with Crippen LogP contribution in [0.3, 0.4) is 0 Å².